The molecule has 2 rings (SSSR count). The number of benzene rings is 1. The number of carbonyl (C=O) groups excluding carboxylic acids is 1. The van der Waals surface area contributed by atoms with Crippen LogP contribution in [0.2, 0.25) is 0 Å². The predicted octanol–water partition coefficient (Wildman–Crippen LogP) is 0.742. The van der Waals surface area contributed by atoms with Gasteiger partial charge in [-0.3, -0.25) is 4.79 Å². The van der Waals surface area contributed by atoms with Crippen LogP contribution in [0, 0.1) is 0 Å². The number of hydrogen-bond donors (Lipinski definition) is 2. The molecule has 2 aromatic rings. The van der Waals surface area contributed by atoms with Crippen molar-refractivity contribution in [3.05, 3.63) is 54.6 Å². The lowest BCUT2D eigenvalue weighted by molar-refractivity contribution is -0.122. The zero-order chi connectivity index (χ0) is 13.5. The third-order valence-corrected chi connectivity index (χ3v) is 2.98. The van der Waals surface area contributed by atoms with E-state index in [1.54, 1.807) is 12.5 Å². The molecule has 5 nitrogen and oxygen atoms in total. The minimum Gasteiger partial charge on any atom is -0.354 e. The molecule has 1 unspecified atom stereocenters. The number of nitrogens with zero attached hydrogens (tertiary/aromatic N) is 2. The molecule has 19 heavy (non-hydrogen) atoms. The van der Waals surface area contributed by atoms with Gasteiger partial charge >= 0.3 is 0 Å². The van der Waals surface area contributed by atoms with Crippen molar-refractivity contribution in [1.29, 1.82) is 0 Å². The first-order valence-electron chi connectivity index (χ1n) is 6.29. The predicted molar refractivity (Wildman–Crippen MR) is 73.5 cm³/mol. The summed E-state index contributed by atoms with van der Waals surface area (Å²) in [6, 6.07) is 9.60. The largest absolute Gasteiger partial charge is 0.354 e. The maximum atomic E-state index is 12.1. The Balaban J connectivity index is 1.87. The van der Waals surface area contributed by atoms with Crippen molar-refractivity contribution in [3.8, 4) is 0 Å². The molecule has 0 spiro atoms. The lowest BCUT2D eigenvalue weighted by atomic mass is 9.98. The van der Waals surface area contributed by atoms with E-state index in [-0.39, 0.29) is 11.8 Å². The van der Waals surface area contributed by atoms with Crippen molar-refractivity contribution in [2.75, 3.05) is 13.1 Å². The lowest BCUT2D eigenvalue weighted by Crippen LogP contribution is -2.35. The van der Waals surface area contributed by atoms with Gasteiger partial charge in [0.1, 0.15) is 0 Å². The van der Waals surface area contributed by atoms with Gasteiger partial charge in [0.05, 0.1) is 12.2 Å². The lowest BCUT2D eigenvalue weighted by Gasteiger charge is -2.15. The van der Waals surface area contributed by atoms with Crippen LogP contribution in [0.1, 0.15) is 11.5 Å². The molecule has 1 aromatic heterocycles. The fourth-order valence-electron chi connectivity index (χ4n) is 1.93. The van der Waals surface area contributed by atoms with E-state index < -0.39 is 0 Å². The van der Waals surface area contributed by atoms with E-state index in [4.69, 9.17) is 5.73 Å². The maximum Gasteiger partial charge on any atom is 0.228 e. The molecule has 1 heterocycles. The molecule has 0 saturated heterocycles. The number of nitrogens with one attached hydrogen (secondary N) is 1. The van der Waals surface area contributed by atoms with Gasteiger partial charge in [0.2, 0.25) is 5.91 Å². The summed E-state index contributed by atoms with van der Waals surface area (Å²) in [5.41, 5.74) is 6.65. The highest BCUT2D eigenvalue weighted by Gasteiger charge is 2.17. The Morgan fingerprint density at radius 3 is 2.79 bits per heavy atom. The van der Waals surface area contributed by atoms with Crippen LogP contribution in [0.3, 0.4) is 0 Å². The quantitative estimate of drug-likeness (QED) is 0.802. The van der Waals surface area contributed by atoms with Gasteiger partial charge in [-0.1, -0.05) is 30.3 Å². The van der Waals surface area contributed by atoms with Gasteiger partial charge in [0.15, 0.2) is 0 Å². The van der Waals surface area contributed by atoms with Gasteiger partial charge in [-0.15, -0.1) is 0 Å². The molecule has 0 fully saturated rings. The van der Waals surface area contributed by atoms with Gasteiger partial charge < -0.3 is 15.6 Å². The Kier molecular flexibility index (Phi) is 4.69. The van der Waals surface area contributed by atoms with E-state index in [9.17, 15) is 4.79 Å². The summed E-state index contributed by atoms with van der Waals surface area (Å²) in [6.07, 6.45) is 5.31. The van der Waals surface area contributed by atoms with E-state index in [0.717, 1.165) is 5.56 Å². The average molecular weight is 258 g/mol. The van der Waals surface area contributed by atoms with Crippen molar-refractivity contribution < 1.29 is 4.79 Å². The summed E-state index contributed by atoms with van der Waals surface area (Å²) in [7, 11) is 0. The Labute approximate surface area is 112 Å². The molecule has 0 radical (unpaired) electrons. The van der Waals surface area contributed by atoms with E-state index >= 15 is 0 Å². The molecule has 5 heteroatoms. The first kappa shape index (κ1) is 13.3. The fraction of sp³-hybridized carbons (Fsp3) is 0.286. The second kappa shape index (κ2) is 6.70. The van der Waals surface area contributed by atoms with Crippen molar-refractivity contribution in [2.24, 2.45) is 5.73 Å². The fourth-order valence-corrected chi connectivity index (χ4v) is 1.93. The van der Waals surface area contributed by atoms with Gasteiger partial charge in [0, 0.05) is 32.0 Å². The third kappa shape index (κ3) is 3.66. The van der Waals surface area contributed by atoms with Gasteiger partial charge in [-0.05, 0) is 5.56 Å². The number of imidazole rings is 1. The van der Waals surface area contributed by atoms with E-state index in [1.165, 1.54) is 0 Å². The topological polar surface area (TPSA) is 72.9 Å². The first-order valence-corrected chi connectivity index (χ1v) is 6.29. The number of aromatic nitrogens is 2. The normalized spacial score (nSPS) is 12.1. The Hall–Kier alpha value is -2.14. The van der Waals surface area contributed by atoms with Crippen molar-refractivity contribution in [3.63, 3.8) is 0 Å². The molecule has 0 aliphatic rings. The molecule has 1 atom stereocenters. The molecular weight excluding hydrogens is 240 g/mol. The number of nitrogens with two attached hydrogens (primary N) is 1. The van der Waals surface area contributed by atoms with Crippen LogP contribution >= 0.6 is 0 Å². The summed E-state index contributed by atoms with van der Waals surface area (Å²) in [6.45, 7) is 1.58. The highest BCUT2D eigenvalue weighted by Crippen LogP contribution is 2.13. The number of carbonyl (C=O) groups is 1. The zero-order valence-electron chi connectivity index (χ0n) is 10.7. The molecule has 100 valence electrons. The van der Waals surface area contributed by atoms with Gasteiger partial charge in [-0.25, -0.2) is 4.98 Å². The van der Waals surface area contributed by atoms with Gasteiger partial charge in [-0.2, -0.15) is 0 Å². The van der Waals surface area contributed by atoms with Crippen molar-refractivity contribution in [1.82, 2.24) is 14.9 Å². The molecular formula is C14H18N4O. The van der Waals surface area contributed by atoms with E-state index in [0.29, 0.717) is 19.6 Å². The summed E-state index contributed by atoms with van der Waals surface area (Å²) in [5.74, 6) is -0.321. The van der Waals surface area contributed by atoms with Gasteiger partial charge in [0.25, 0.3) is 0 Å². The van der Waals surface area contributed by atoms with Crippen LogP contribution in [0.4, 0.5) is 0 Å². The molecule has 0 aliphatic heterocycles. The van der Waals surface area contributed by atoms with Crippen LogP contribution in [-0.4, -0.2) is 28.5 Å². The SMILES string of the molecule is NCC(C(=O)NCCn1ccnc1)c1ccccc1. The number of rotatable bonds is 6. The van der Waals surface area contributed by atoms with Crippen molar-refractivity contribution >= 4 is 5.91 Å². The van der Waals surface area contributed by atoms with Crippen LogP contribution in [0.15, 0.2) is 49.1 Å². The summed E-state index contributed by atoms with van der Waals surface area (Å²) in [5, 5.41) is 2.90. The van der Waals surface area contributed by atoms with Crippen LogP contribution in [0.5, 0.6) is 0 Å². The number of hydrogen-bond acceptors (Lipinski definition) is 3. The maximum absolute atomic E-state index is 12.1. The molecule has 0 saturated carbocycles. The monoisotopic (exact) mass is 258 g/mol. The molecule has 3 N–H and O–H groups in total. The Morgan fingerprint density at radius 1 is 1.37 bits per heavy atom. The van der Waals surface area contributed by atoms with Crippen LogP contribution in [0.25, 0.3) is 0 Å². The molecule has 1 aromatic carbocycles. The first-order chi connectivity index (χ1) is 9.31. The van der Waals surface area contributed by atoms with E-state index in [2.05, 4.69) is 10.3 Å². The Morgan fingerprint density at radius 2 is 2.16 bits per heavy atom. The number of amides is 1. The minimum atomic E-state index is -0.288. The second-order valence-electron chi connectivity index (χ2n) is 4.29. The summed E-state index contributed by atoms with van der Waals surface area (Å²) in [4.78, 5) is 16.0. The highest BCUT2D eigenvalue weighted by atomic mass is 16.1. The average Bonchev–Trinajstić information content (AvgIpc) is 2.94. The second-order valence-corrected chi connectivity index (χ2v) is 4.29. The summed E-state index contributed by atoms with van der Waals surface area (Å²) < 4.78 is 1.92. The van der Waals surface area contributed by atoms with Crippen LogP contribution in [-0.2, 0) is 11.3 Å². The minimum absolute atomic E-state index is 0.0335. The smallest absolute Gasteiger partial charge is 0.228 e. The zero-order valence-corrected chi connectivity index (χ0v) is 10.7. The standard InChI is InChI=1S/C14H18N4O/c15-10-13(12-4-2-1-3-5-12)14(19)17-7-9-18-8-6-16-11-18/h1-6,8,11,13H,7,9-10,15H2,(H,17,19). The highest BCUT2D eigenvalue weighted by molar-refractivity contribution is 5.83. The van der Waals surface area contributed by atoms with E-state index in [1.807, 2.05) is 41.1 Å². The van der Waals surface area contributed by atoms with Crippen LogP contribution < -0.4 is 11.1 Å². The molecule has 0 bridgehead atoms. The third-order valence-electron chi connectivity index (χ3n) is 2.98. The Bertz CT molecular complexity index is 495. The van der Waals surface area contributed by atoms with Crippen molar-refractivity contribution in [2.45, 2.75) is 12.5 Å². The molecule has 0 aliphatic carbocycles. The summed E-state index contributed by atoms with van der Waals surface area (Å²) >= 11 is 0. The molecule has 1 amide bonds.